The summed E-state index contributed by atoms with van der Waals surface area (Å²) in [7, 11) is 1.67. The Morgan fingerprint density at radius 3 is 2.53 bits per heavy atom. The fourth-order valence-electron chi connectivity index (χ4n) is 1.36. The molecule has 0 bridgehead atoms. The summed E-state index contributed by atoms with van der Waals surface area (Å²) >= 11 is 0. The Hall–Kier alpha value is -0.410. The molecule has 0 aromatic rings. The first-order chi connectivity index (χ1) is 7.07. The zero-order valence-electron chi connectivity index (χ0n) is 10.5. The van der Waals surface area contributed by atoms with Gasteiger partial charge in [-0.15, -0.1) is 0 Å². The van der Waals surface area contributed by atoms with E-state index in [0.29, 0.717) is 24.9 Å². The average Bonchev–Trinajstić information content (AvgIpc) is 2.20. The van der Waals surface area contributed by atoms with Crippen LogP contribution in [-0.2, 0) is 9.53 Å². The van der Waals surface area contributed by atoms with Gasteiger partial charge in [-0.05, 0) is 19.4 Å². The van der Waals surface area contributed by atoms with Crippen molar-refractivity contribution in [1.29, 1.82) is 0 Å². The second-order valence-corrected chi connectivity index (χ2v) is 4.36. The van der Waals surface area contributed by atoms with Crippen molar-refractivity contribution in [2.75, 3.05) is 20.3 Å². The van der Waals surface area contributed by atoms with Crippen LogP contribution in [-0.4, -0.2) is 32.1 Å². The van der Waals surface area contributed by atoms with Gasteiger partial charge < -0.3 is 10.1 Å². The van der Waals surface area contributed by atoms with Crippen LogP contribution in [0.5, 0.6) is 0 Å². The molecule has 0 saturated carbocycles. The van der Waals surface area contributed by atoms with Crippen LogP contribution in [0, 0.1) is 5.92 Å². The first-order valence-corrected chi connectivity index (χ1v) is 5.83. The molecule has 0 aromatic heterocycles. The minimum Gasteiger partial charge on any atom is -0.385 e. The van der Waals surface area contributed by atoms with Crippen molar-refractivity contribution >= 4 is 5.78 Å². The Labute approximate surface area is 93.6 Å². The summed E-state index contributed by atoms with van der Waals surface area (Å²) in [5.74, 6) is 0.501. The van der Waals surface area contributed by atoms with Gasteiger partial charge in [0, 0.05) is 32.1 Å². The van der Waals surface area contributed by atoms with Crippen molar-refractivity contribution < 1.29 is 9.53 Å². The van der Waals surface area contributed by atoms with Gasteiger partial charge in [0.1, 0.15) is 5.78 Å². The van der Waals surface area contributed by atoms with E-state index in [1.807, 2.05) is 6.92 Å². The highest BCUT2D eigenvalue weighted by atomic mass is 16.5. The predicted octanol–water partition coefficient (Wildman–Crippen LogP) is 2.01. The lowest BCUT2D eigenvalue weighted by Gasteiger charge is -2.10. The standard InChI is InChI=1S/C12H25NO2/c1-10(2)13-8-5-6-12(14)11(3)7-9-15-4/h10-11,13H,5-9H2,1-4H3. The molecule has 0 saturated heterocycles. The third-order valence-corrected chi connectivity index (χ3v) is 2.46. The summed E-state index contributed by atoms with van der Waals surface area (Å²) in [6, 6.07) is 0.506. The Kier molecular flexibility index (Phi) is 8.62. The number of hydrogen-bond acceptors (Lipinski definition) is 3. The first kappa shape index (κ1) is 14.6. The average molecular weight is 215 g/mol. The molecule has 0 rings (SSSR count). The van der Waals surface area contributed by atoms with Gasteiger partial charge in [0.25, 0.3) is 0 Å². The minimum atomic E-state index is 0.143. The summed E-state index contributed by atoms with van der Waals surface area (Å²) in [4.78, 5) is 11.6. The van der Waals surface area contributed by atoms with Crippen molar-refractivity contribution in [3.63, 3.8) is 0 Å². The summed E-state index contributed by atoms with van der Waals surface area (Å²) in [5, 5.41) is 3.31. The fraction of sp³-hybridized carbons (Fsp3) is 0.917. The lowest BCUT2D eigenvalue weighted by Crippen LogP contribution is -2.24. The van der Waals surface area contributed by atoms with Crippen LogP contribution < -0.4 is 5.32 Å². The van der Waals surface area contributed by atoms with E-state index in [9.17, 15) is 4.79 Å². The van der Waals surface area contributed by atoms with Crippen molar-refractivity contribution in [2.24, 2.45) is 5.92 Å². The molecule has 0 radical (unpaired) electrons. The zero-order valence-corrected chi connectivity index (χ0v) is 10.5. The van der Waals surface area contributed by atoms with Crippen LogP contribution in [0.3, 0.4) is 0 Å². The Morgan fingerprint density at radius 2 is 2.00 bits per heavy atom. The van der Waals surface area contributed by atoms with E-state index >= 15 is 0 Å². The summed E-state index contributed by atoms with van der Waals surface area (Å²) in [5.41, 5.74) is 0. The van der Waals surface area contributed by atoms with E-state index in [1.165, 1.54) is 0 Å². The van der Waals surface area contributed by atoms with Crippen LogP contribution in [0.15, 0.2) is 0 Å². The number of carbonyl (C=O) groups is 1. The van der Waals surface area contributed by atoms with Crippen LogP contribution >= 0.6 is 0 Å². The fourth-order valence-corrected chi connectivity index (χ4v) is 1.36. The van der Waals surface area contributed by atoms with Gasteiger partial charge in [-0.25, -0.2) is 0 Å². The first-order valence-electron chi connectivity index (χ1n) is 5.83. The maximum absolute atomic E-state index is 11.6. The SMILES string of the molecule is COCCC(C)C(=O)CCCNC(C)C. The van der Waals surface area contributed by atoms with Crippen LogP contribution in [0.4, 0.5) is 0 Å². The molecular formula is C12H25NO2. The molecule has 3 heteroatoms. The molecule has 0 aliphatic rings. The second-order valence-electron chi connectivity index (χ2n) is 4.36. The summed E-state index contributed by atoms with van der Waals surface area (Å²) in [6.07, 6.45) is 2.46. The lowest BCUT2D eigenvalue weighted by atomic mass is 9.99. The van der Waals surface area contributed by atoms with Gasteiger partial charge in [-0.2, -0.15) is 0 Å². The predicted molar refractivity (Wildman–Crippen MR) is 63.0 cm³/mol. The third kappa shape index (κ3) is 8.58. The molecule has 1 N–H and O–H groups in total. The number of carbonyl (C=O) groups excluding carboxylic acids is 1. The number of rotatable bonds is 9. The Bertz CT molecular complexity index is 169. The van der Waals surface area contributed by atoms with Gasteiger partial charge in [0.2, 0.25) is 0 Å². The number of nitrogens with one attached hydrogen (secondary N) is 1. The molecule has 0 aromatic carbocycles. The highest BCUT2D eigenvalue weighted by Crippen LogP contribution is 2.07. The molecule has 0 fully saturated rings. The largest absolute Gasteiger partial charge is 0.385 e. The molecule has 0 aliphatic carbocycles. The van der Waals surface area contributed by atoms with Crippen LogP contribution in [0.2, 0.25) is 0 Å². The normalized spacial score (nSPS) is 13.1. The molecule has 3 nitrogen and oxygen atoms in total. The molecule has 90 valence electrons. The smallest absolute Gasteiger partial charge is 0.135 e. The molecule has 1 atom stereocenters. The van der Waals surface area contributed by atoms with E-state index < -0.39 is 0 Å². The number of methoxy groups -OCH3 is 1. The quantitative estimate of drug-likeness (QED) is 0.598. The Morgan fingerprint density at radius 1 is 1.33 bits per heavy atom. The molecule has 0 amide bonds. The number of ketones is 1. The van der Waals surface area contributed by atoms with Crippen LogP contribution in [0.25, 0.3) is 0 Å². The monoisotopic (exact) mass is 215 g/mol. The number of hydrogen-bond donors (Lipinski definition) is 1. The van der Waals surface area contributed by atoms with Gasteiger partial charge in [-0.3, -0.25) is 4.79 Å². The Balaban J connectivity index is 3.47. The van der Waals surface area contributed by atoms with Crippen molar-refractivity contribution in [3.8, 4) is 0 Å². The lowest BCUT2D eigenvalue weighted by molar-refractivity contribution is -0.123. The van der Waals surface area contributed by atoms with Gasteiger partial charge in [-0.1, -0.05) is 20.8 Å². The maximum Gasteiger partial charge on any atom is 0.135 e. The third-order valence-electron chi connectivity index (χ3n) is 2.46. The topological polar surface area (TPSA) is 38.3 Å². The molecule has 0 spiro atoms. The summed E-state index contributed by atoms with van der Waals surface area (Å²) < 4.78 is 4.96. The van der Waals surface area contributed by atoms with E-state index in [0.717, 1.165) is 19.4 Å². The van der Waals surface area contributed by atoms with Crippen LogP contribution in [0.1, 0.15) is 40.0 Å². The van der Waals surface area contributed by atoms with Gasteiger partial charge in [0.15, 0.2) is 0 Å². The number of ether oxygens (including phenoxy) is 1. The summed E-state index contributed by atoms with van der Waals surface area (Å²) in [6.45, 7) is 7.82. The van der Waals surface area contributed by atoms with Crippen molar-refractivity contribution in [1.82, 2.24) is 5.32 Å². The van der Waals surface area contributed by atoms with Crippen molar-refractivity contribution in [2.45, 2.75) is 46.1 Å². The molecule has 0 heterocycles. The highest BCUT2D eigenvalue weighted by molar-refractivity contribution is 5.80. The minimum absolute atomic E-state index is 0.143. The van der Waals surface area contributed by atoms with E-state index in [4.69, 9.17) is 4.74 Å². The maximum atomic E-state index is 11.6. The second kappa shape index (κ2) is 8.86. The van der Waals surface area contributed by atoms with Gasteiger partial charge in [0.05, 0.1) is 0 Å². The van der Waals surface area contributed by atoms with E-state index in [2.05, 4.69) is 19.2 Å². The highest BCUT2D eigenvalue weighted by Gasteiger charge is 2.11. The van der Waals surface area contributed by atoms with Crippen molar-refractivity contribution in [3.05, 3.63) is 0 Å². The molecule has 0 aliphatic heterocycles. The molecule has 1 unspecified atom stereocenters. The number of Topliss-reactive ketones (excluding diaryl/α,β-unsaturated/α-hetero) is 1. The van der Waals surface area contributed by atoms with Gasteiger partial charge >= 0.3 is 0 Å². The van der Waals surface area contributed by atoms with E-state index in [1.54, 1.807) is 7.11 Å². The molecule has 15 heavy (non-hydrogen) atoms. The van der Waals surface area contributed by atoms with E-state index in [-0.39, 0.29) is 5.92 Å². The molecular weight excluding hydrogens is 190 g/mol. The zero-order chi connectivity index (χ0) is 11.7.